The van der Waals surface area contributed by atoms with Gasteiger partial charge in [0.05, 0.1) is 12.9 Å². The lowest BCUT2D eigenvalue weighted by molar-refractivity contribution is 0.126. The fraction of sp³-hybridized carbons (Fsp3) is 0.444. The smallest absolute Gasteiger partial charge is 0.132 e. The second-order valence-corrected chi connectivity index (χ2v) is 6.06. The first-order valence-corrected chi connectivity index (χ1v) is 8.03. The first kappa shape index (κ1) is 16.0. The number of fused-ring (bicyclic) bond motifs is 1. The number of halogens is 1. The molecule has 0 fully saturated rings. The third-order valence-corrected chi connectivity index (χ3v) is 4.18. The topological polar surface area (TPSA) is 54.6 Å². The zero-order valence-corrected chi connectivity index (χ0v) is 13.2. The molecule has 124 valence electrons. The predicted molar refractivity (Wildman–Crippen MR) is 84.8 cm³/mol. The van der Waals surface area contributed by atoms with Crippen LogP contribution in [-0.4, -0.2) is 17.8 Å². The zero-order valence-electron chi connectivity index (χ0n) is 13.2. The lowest BCUT2D eigenvalue weighted by Gasteiger charge is -2.24. The van der Waals surface area contributed by atoms with Crippen molar-refractivity contribution in [1.29, 1.82) is 0 Å². The van der Waals surface area contributed by atoms with Gasteiger partial charge in [0.1, 0.15) is 23.4 Å². The summed E-state index contributed by atoms with van der Waals surface area (Å²) in [5, 5.41) is 13.7. The number of nitrogens with one attached hydrogen (secondary N) is 1. The fourth-order valence-electron chi connectivity index (χ4n) is 3.06. The Bertz CT molecular complexity index is 629. The summed E-state index contributed by atoms with van der Waals surface area (Å²) in [5.74, 6) is 1.04. The first-order chi connectivity index (χ1) is 11.1. The second kappa shape index (κ2) is 7.15. The summed E-state index contributed by atoms with van der Waals surface area (Å²) in [7, 11) is 0. The quantitative estimate of drug-likeness (QED) is 0.881. The normalized spacial score (nSPS) is 20.2. The van der Waals surface area contributed by atoms with Gasteiger partial charge < -0.3 is 19.6 Å². The van der Waals surface area contributed by atoms with E-state index in [-0.39, 0.29) is 17.9 Å². The van der Waals surface area contributed by atoms with Crippen molar-refractivity contribution in [3.63, 3.8) is 0 Å². The summed E-state index contributed by atoms with van der Waals surface area (Å²) in [6.45, 7) is 2.65. The van der Waals surface area contributed by atoms with Gasteiger partial charge in [0, 0.05) is 17.6 Å². The van der Waals surface area contributed by atoms with Crippen LogP contribution >= 0.6 is 0 Å². The van der Waals surface area contributed by atoms with Crippen LogP contribution in [0.1, 0.15) is 49.7 Å². The molecule has 0 aliphatic carbocycles. The molecular weight excluding hydrogens is 297 g/mol. The molecule has 0 bridgehead atoms. The molecule has 0 radical (unpaired) electrons. The molecule has 0 saturated carbocycles. The molecule has 0 amide bonds. The Morgan fingerprint density at radius 2 is 2.26 bits per heavy atom. The van der Waals surface area contributed by atoms with Gasteiger partial charge >= 0.3 is 0 Å². The third-order valence-electron chi connectivity index (χ3n) is 4.18. The Kier molecular flexibility index (Phi) is 4.98. The number of rotatable bonds is 5. The summed E-state index contributed by atoms with van der Waals surface area (Å²) in [6.07, 6.45) is 3.20. The van der Waals surface area contributed by atoms with E-state index in [9.17, 15) is 9.50 Å². The van der Waals surface area contributed by atoms with Crippen molar-refractivity contribution in [2.75, 3.05) is 6.61 Å². The number of furan rings is 1. The Labute approximate surface area is 135 Å². The van der Waals surface area contributed by atoms with Crippen LogP contribution in [0, 0.1) is 5.82 Å². The van der Waals surface area contributed by atoms with Gasteiger partial charge in [-0.1, -0.05) is 0 Å². The van der Waals surface area contributed by atoms with E-state index in [1.54, 1.807) is 24.5 Å². The Morgan fingerprint density at radius 3 is 3.04 bits per heavy atom. The highest BCUT2D eigenvalue weighted by molar-refractivity contribution is 5.37. The van der Waals surface area contributed by atoms with Gasteiger partial charge in [-0.2, -0.15) is 0 Å². The number of benzene rings is 1. The molecule has 3 rings (SSSR count). The summed E-state index contributed by atoms with van der Waals surface area (Å²) in [4.78, 5) is 0. The summed E-state index contributed by atoms with van der Waals surface area (Å²) < 4.78 is 24.5. The van der Waals surface area contributed by atoms with Crippen LogP contribution in [0.4, 0.5) is 4.39 Å². The highest BCUT2D eigenvalue weighted by Crippen LogP contribution is 2.33. The van der Waals surface area contributed by atoms with Crippen LogP contribution in [0.3, 0.4) is 0 Å². The number of ether oxygens (including phenoxy) is 1. The van der Waals surface area contributed by atoms with Gasteiger partial charge in [-0.15, -0.1) is 0 Å². The van der Waals surface area contributed by atoms with Gasteiger partial charge in [-0.25, -0.2) is 4.39 Å². The number of hydrogen-bond donors (Lipinski definition) is 2. The highest BCUT2D eigenvalue weighted by Gasteiger charge is 2.23. The molecule has 1 aromatic carbocycles. The molecule has 1 aliphatic heterocycles. The molecule has 2 N–H and O–H groups in total. The maximum atomic E-state index is 13.6. The Morgan fingerprint density at radius 1 is 1.39 bits per heavy atom. The third kappa shape index (κ3) is 3.92. The Hall–Kier alpha value is -1.85. The van der Waals surface area contributed by atoms with Crippen LogP contribution in [0.25, 0.3) is 0 Å². The minimum Gasteiger partial charge on any atom is -0.493 e. The van der Waals surface area contributed by atoms with Crippen LogP contribution < -0.4 is 10.1 Å². The van der Waals surface area contributed by atoms with Gasteiger partial charge in [-0.3, -0.25) is 0 Å². The van der Waals surface area contributed by atoms with E-state index >= 15 is 0 Å². The van der Waals surface area contributed by atoms with E-state index in [4.69, 9.17) is 9.15 Å². The minimum absolute atomic E-state index is 0.0157. The molecular formula is C18H22FNO3. The molecule has 23 heavy (non-hydrogen) atoms. The van der Waals surface area contributed by atoms with Gasteiger partial charge in [0.2, 0.25) is 0 Å². The van der Waals surface area contributed by atoms with Crippen molar-refractivity contribution >= 4 is 0 Å². The molecule has 0 saturated heterocycles. The predicted octanol–water partition coefficient (Wildman–Crippen LogP) is 3.73. The van der Waals surface area contributed by atoms with E-state index in [1.807, 2.05) is 6.92 Å². The van der Waals surface area contributed by atoms with Crippen LogP contribution in [-0.2, 0) is 0 Å². The van der Waals surface area contributed by atoms with Crippen LogP contribution in [0.15, 0.2) is 41.0 Å². The Balaban J connectivity index is 1.68. The molecule has 1 aromatic heterocycles. The lowest BCUT2D eigenvalue weighted by atomic mass is 9.99. The molecule has 2 heterocycles. The SMILES string of the molecule is CC(CC(O)c1ccco1)NC1CCCOc2ccc(F)cc21. The summed E-state index contributed by atoms with van der Waals surface area (Å²) >= 11 is 0. The molecule has 5 heteroatoms. The molecule has 3 unspecified atom stereocenters. The van der Waals surface area contributed by atoms with E-state index in [1.165, 1.54) is 12.1 Å². The van der Waals surface area contributed by atoms with Gasteiger partial charge in [0.25, 0.3) is 0 Å². The van der Waals surface area contributed by atoms with Crippen molar-refractivity contribution in [2.45, 2.75) is 44.4 Å². The molecule has 2 aromatic rings. The summed E-state index contributed by atoms with van der Waals surface area (Å²) in [6, 6.07) is 8.24. The second-order valence-electron chi connectivity index (χ2n) is 6.06. The van der Waals surface area contributed by atoms with Gasteiger partial charge in [-0.05, 0) is 56.5 Å². The average molecular weight is 319 g/mol. The molecule has 4 nitrogen and oxygen atoms in total. The fourth-order valence-corrected chi connectivity index (χ4v) is 3.06. The highest BCUT2D eigenvalue weighted by atomic mass is 19.1. The molecule has 1 aliphatic rings. The number of hydrogen-bond acceptors (Lipinski definition) is 4. The van der Waals surface area contributed by atoms with Crippen molar-refractivity contribution in [3.8, 4) is 5.75 Å². The minimum atomic E-state index is -0.651. The zero-order chi connectivity index (χ0) is 16.2. The average Bonchev–Trinajstić information content (AvgIpc) is 2.99. The van der Waals surface area contributed by atoms with E-state index in [2.05, 4.69) is 5.32 Å². The molecule has 0 spiro atoms. The number of aliphatic hydroxyl groups is 1. The number of aliphatic hydroxyl groups excluding tert-OH is 1. The maximum Gasteiger partial charge on any atom is 0.132 e. The first-order valence-electron chi connectivity index (χ1n) is 8.03. The monoisotopic (exact) mass is 319 g/mol. The van der Waals surface area contributed by atoms with E-state index in [0.717, 1.165) is 24.2 Å². The summed E-state index contributed by atoms with van der Waals surface area (Å²) in [5.41, 5.74) is 0.849. The maximum absolute atomic E-state index is 13.6. The van der Waals surface area contributed by atoms with Crippen molar-refractivity contribution < 1.29 is 18.7 Å². The van der Waals surface area contributed by atoms with Crippen LogP contribution in [0.5, 0.6) is 5.75 Å². The van der Waals surface area contributed by atoms with Crippen molar-refractivity contribution in [3.05, 3.63) is 53.7 Å². The lowest BCUT2D eigenvalue weighted by Crippen LogP contribution is -2.31. The largest absolute Gasteiger partial charge is 0.493 e. The van der Waals surface area contributed by atoms with Crippen molar-refractivity contribution in [2.24, 2.45) is 0 Å². The van der Waals surface area contributed by atoms with E-state index < -0.39 is 6.10 Å². The molecule has 3 atom stereocenters. The van der Waals surface area contributed by atoms with Gasteiger partial charge in [0.15, 0.2) is 0 Å². The van der Waals surface area contributed by atoms with Crippen molar-refractivity contribution in [1.82, 2.24) is 5.32 Å². The van der Waals surface area contributed by atoms with Crippen LogP contribution in [0.2, 0.25) is 0 Å². The standard InChI is InChI=1S/C18H22FNO3/c1-12(10-16(21)18-5-3-9-23-18)20-15-4-2-8-22-17-7-6-13(19)11-14(15)17/h3,5-7,9,11-12,15-16,20-21H,2,4,8,10H2,1H3. The van der Waals surface area contributed by atoms with E-state index in [0.29, 0.717) is 18.8 Å².